The van der Waals surface area contributed by atoms with E-state index in [0.717, 1.165) is 33.7 Å². The third kappa shape index (κ3) is 2.79. The number of methoxy groups -OCH3 is 1. The zero-order valence-corrected chi connectivity index (χ0v) is 12.1. The Morgan fingerprint density at radius 3 is 2.81 bits per heavy atom. The van der Waals surface area contributed by atoms with E-state index in [4.69, 9.17) is 4.74 Å². The number of hydrogen-bond donors (Lipinski definition) is 1. The topological polar surface area (TPSA) is 47.0 Å². The van der Waals surface area contributed by atoms with Crippen LogP contribution >= 0.6 is 0 Å². The highest BCUT2D eigenvalue weighted by Gasteiger charge is 2.08. The van der Waals surface area contributed by atoms with Crippen LogP contribution in [-0.4, -0.2) is 17.1 Å². The molecule has 0 amide bonds. The average Bonchev–Trinajstić information content (AvgIpc) is 2.53. The van der Waals surface area contributed by atoms with Crippen LogP contribution in [0.1, 0.15) is 11.4 Å². The van der Waals surface area contributed by atoms with Gasteiger partial charge in [-0.3, -0.25) is 4.98 Å². The first kappa shape index (κ1) is 13.4. The van der Waals surface area contributed by atoms with Gasteiger partial charge in [0, 0.05) is 23.0 Å². The molecule has 0 aliphatic carbocycles. The van der Waals surface area contributed by atoms with Gasteiger partial charge in [-0.1, -0.05) is 18.2 Å². The van der Waals surface area contributed by atoms with E-state index >= 15 is 0 Å². The number of nitrogens with zero attached hydrogens (tertiary/aromatic N) is 2. The van der Waals surface area contributed by atoms with Crippen molar-refractivity contribution in [3.05, 3.63) is 60.0 Å². The molecular weight excluding hydrogens is 262 g/mol. The number of aromatic nitrogens is 2. The minimum absolute atomic E-state index is 0.677. The Kier molecular flexibility index (Phi) is 3.69. The van der Waals surface area contributed by atoms with Crippen LogP contribution < -0.4 is 10.1 Å². The van der Waals surface area contributed by atoms with Gasteiger partial charge in [0.2, 0.25) is 0 Å². The Balaban J connectivity index is 1.98. The summed E-state index contributed by atoms with van der Waals surface area (Å²) in [6, 6.07) is 13.9. The zero-order chi connectivity index (χ0) is 14.7. The third-order valence-corrected chi connectivity index (χ3v) is 3.34. The van der Waals surface area contributed by atoms with Gasteiger partial charge < -0.3 is 10.1 Å². The lowest BCUT2D eigenvalue weighted by atomic mass is 10.1. The summed E-state index contributed by atoms with van der Waals surface area (Å²) in [6.07, 6.45) is 1.80. The molecule has 0 bridgehead atoms. The number of aryl methyl sites for hydroxylation is 1. The number of anilines is 1. The van der Waals surface area contributed by atoms with Gasteiger partial charge in [-0.2, -0.15) is 0 Å². The van der Waals surface area contributed by atoms with Crippen molar-refractivity contribution in [2.75, 3.05) is 12.4 Å². The van der Waals surface area contributed by atoms with E-state index in [-0.39, 0.29) is 0 Å². The maximum absolute atomic E-state index is 5.40. The molecule has 0 saturated carbocycles. The van der Waals surface area contributed by atoms with Gasteiger partial charge in [-0.15, -0.1) is 0 Å². The fourth-order valence-electron chi connectivity index (χ4n) is 2.35. The quantitative estimate of drug-likeness (QED) is 0.793. The molecule has 21 heavy (non-hydrogen) atoms. The van der Waals surface area contributed by atoms with Crippen LogP contribution in [0.5, 0.6) is 5.75 Å². The Labute approximate surface area is 123 Å². The van der Waals surface area contributed by atoms with Crippen LogP contribution in [-0.2, 0) is 6.54 Å². The first-order chi connectivity index (χ1) is 10.3. The highest BCUT2D eigenvalue weighted by molar-refractivity contribution is 5.95. The molecule has 1 aromatic carbocycles. The fraction of sp³-hybridized carbons (Fsp3) is 0.176. The number of hydrogen-bond acceptors (Lipinski definition) is 4. The van der Waals surface area contributed by atoms with Crippen molar-refractivity contribution in [3.63, 3.8) is 0 Å². The number of nitrogens with one attached hydrogen (secondary N) is 1. The summed E-state index contributed by atoms with van der Waals surface area (Å²) in [5.74, 6) is 0.789. The number of ether oxygens (including phenoxy) is 1. The predicted molar refractivity (Wildman–Crippen MR) is 84.6 cm³/mol. The summed E-state index contributed by atoms with van der Waals surface area (Å²) >= 11 is 0. The summed E-state index contributed by atoms with van der Waals surface area (Å²) in [4.78, 5) is 8.91. The van der Waals surface area contributed by atoms with Crippen LogP contribution in [0.15, 0.2) is 48.7 Å². The molecule has 0 atom stereocenters. The summed E-state index contributed by atoms with van der Waals surface area (Å²) in [6.45, 7) is 2.66. The second-order valence-corrected chi connectivity index (χ2v) is 4.84. The summed E-state index contributed by atoms with van der Waals surface area (Å²) < 4.78 is 5.40. The van der Waals surface area contributed by atoms with E-state index in [1.807, 2.05) is 49.4 Å². The molecule has 4 nitrogen and oxygen atoms in total. The lowest BCUT2D eigenvalue weighted by molar-refractivity contribution is 0.419. The molecule has 2 aromatic heterocycles. The van der Waals surface area contributed by atoms with Crippen molar-refractivity contribution >= 4 is 16.6 Å². The predicted octanol–water partition coefficient (Wildman–Crippen LogP) is 3.56. The lowest BCUT2D eigenvalue weighted by Gasteiger charge is -2.12. The summed E-state index contributed by atoms with van der Waals surface area (Å²) in [5, 5.41) is 4.49. The molecule has 2 heterocycles. The van der Waals surface area contributed by atoms with Crippen molar-refractivity contribution in [2.45, 2.75) is 13.5 Å². The van der Waals surface area contributed by atoms with Crippen LogP contribution in [0.2, 0.25) is 0 Å². The largest absolute Gasteiger partial charge is 0.494 e. The van der Waals surface area contributed by atoms with Crippen LogP contribution in [0.25, 0.3) is 10.9 Å². The van der Waals surface area contributed by atoms with Gasteiger partial charge in [0.15, 0.2) is 0 Å². The van der Waals surface area contributed by atoms with Gasteiger partial charge in [0.1, 0.15) is 11.3 Å². The molecule has 0 radical (unpaired) electrons. The van der Waals surface area contributed by atoms with E-state index in [0.29, 0.717) is 6.54 Å². The van der Waals surface area contributed by atoms with Crippen molar-refractivity contribution < 1.29 is 4.74 Å². The molecule has 0 saturated heterocycles. The molecule has 3 aromatic rings. The second kappa shape index (κ2) is 5.79. The van der Waals surface area contributed by atoms with E-state index in [2.05, 4.69) is 15.3 Å². The average molecular weight is 279 g/mol. The minimum Gasteiger partial charge on any atom is -0.494 e. The van der Waals surface area contributed by atoms with Gasteiger partial charge in [-0.25, -0.2) is 4.98 Å². The van der Waals surface area contributed by atoms with Crippen LogP contribution in [0, 0.1) is 6.92 Å². The molecule has 0 aliphatic rings. The molecule has 3 rings (SSSR count). The number of rotatable bonds is 4. The Hall–Kier alpha value is -2.62. The van der Waals surface area contributed by atoms with E-state index in [9.17, 15) is 0 Å². The van der Waals surface area contributed by atoms with E-state index < -0.39 is 0 Å². The monoisotopic (exact) mass is 279 g/mol. The Morgan fingerprint density at radius 1 is 1.14 bits per heavy atom. The van der Waals surface area contributed by atoms with Gasteiger partial charge in [0.25, 0.3) is 0 Å². The first-order valence-electron chi connectivity index (χ1n) is 6.86. The van der Waals surface area contributed by atoms with Gasteiger partial charge in [0.05, 0.1) is 19.3 Å². The van der Waals surface area contributed by atoms with E-state index in [1.54, 1.807) is 13.3 Å². The minimum atomic E-state index is 0.677. The lowest BCUT2D eigenvalue weighted by Crippen LogP contribution is -2.03. The zero-order valence-electron chi connectivity index (χ0n) is 12.1. The molecule has 0 unspecified atom stereocenters. The summed E-state index contributed by atoms with van der Waals surface area (Å²) in [5.41, 5.74) is 3.88. The smallest absolute Gasteiger partial charge is 0.145 e. The molecule has 0 aliphatic heterocycles. The van der Waals surface area contributed by atoms with Crippen molar-refractivity contribution in [3.8, 4) is 5.75 Å². The molecule has 0 spiro atoms. The second-order valence-electron chi connectivity index (χ2n) is 4.84. The first-order valence-corrected chi connectivity index (χ1v) is 6.86. The fourth-order valence-corrected chi connectivity index (χ4v) is 2.35. The van der Waals surface area contributed by atoms with Crippen molar-refractivity contribution in [2.24, 2.45) is 0 Å². The van der Waals surface area contributed by atoms with Crippen LogP contribution in [0.3, 0.4) is 0 Å². The molecular formula is C17H17N3O. The molecule has 1 N–H and O–H groups in total. The number of fused-ring (bicyclic) bond motifs is 1. The van der Waals surface area contributed by atoms with Crippen LogP contribution in [0.4, 0.5) is 5.69 Å². The number of para-hydroxylation sites is 1. The molecule has 106 valence electrons. The highest BCUT2D eigenvalue weighted by atomic mass is 16.5. The normalized spacial score (nSPS) is 10.6. The number of benzene rings is 1. The maximum atomic E-state index is 5.40. The number of pyridine rings is 2. The van der Waals surface area contributed by atoms with E-state index in [1.165, 1.54) is 0 Å². The van der Waals surface area contributed by atoms with Crippen molar-refractivity contribution in [1.82, 2.24) is 9.97 Å². The SMILES string of the molecule is COc1cccc2c(NCc3ccccn3)cc(C)nc12. The van der Waals surface area contributed by atoms with Gasteiger partial charge in [-0.05, 0) is 31.2 Å². The molecule has 4 heteroatoms. The Morgan fingerprint density at radius 2 is 2.05 bits per heavy atom. The third-order valence-electron chi connectivity index (χ3n) is 3.34. The maximum Gasteiger partial charge on any atom is 0.145 e. The Bertz CT molecular complexity index is 757. The standard InChI is InChI=1S/C17H17N3O/c1-12-10-15(19-11-13-6-3-4-9-18-13)14-7-5-8-16(21-2)17(14)20-12/h3-10H,11H2,1-2H3,(H,19,20). The highest BCUT2D eigenvalue weighted by Crippen LogP contribution is 2.30. The molecule has 0 fully saturated rings. The van der Waals surface area contributed by atoms with Crippen molar-refractivity contribution in [1.29, 1.82) is 0 Å². The van der Waals surface area contributed by atoms with Gasteiger partial charge >= 0.3 is 0 Å². The summed E-state index contributed by atoms with van der Waals surface area (Å²) in [7, 11) is 1.67.